The number of esters is 2. The Balaban J connectivity index is 2.00. The highest BCUT2D eigenvalue weighted by molar-refractivity contribution is 5.99. The number of nitrogens with one attached hydrogen (secondary N) is 2. The van der Waals surface area contributed by atoms with Gasteiger partial charge in [-0.25, -0.2) is 9.59 Å². The molecule has 1 heterocycles. The van der Waals surface area contributed by atoms with Gasteiger partial charge >= 0.3 is 11.9 Å². The Labute approximate surface area is 152 Å². The van der Waals surface area contributed by atoms with Gasteiger partial charge in [0.2, 0.25) is 0 Å². The van der Waals surface area contributed by atoms with Crippen molar-refractivity contribution < 1.29 is 23.9 Å². The first kappa shape index (κ1) is 19.5. The van der Waals surface area contributed by atoms with Gasteiger partial charge in [0.25, 0.3) is 5.91 Å². The monoisotopic (exact) mass is 360 g/mol. The molecule has 0 spiro atoms. The van der Waals surface area contributed by atoms with Crippen molar-refractivity contribution in [1.29, 1.82) is 0 Å². The number of hydrogen-bond donors (Lipinski definition) is 2. The predicted octanol–water partition coefficient (Wildman–Crippen LogP) is 1.29. The number of ether oxygens (including phenoxy) is 2. The summed E-state index contributed by atoms with van der Waals surface area (Å²) in [5, 5.41) is 5.41. The van der Waals surface area contributed by atoms with Gasteiger partial charge in [0, 0.05) is 0 Å². The molecule has 1 atom stereocenters. The molecule has 1 unspecified atom stereocenters. The number of rotatable bonds is 3. The van der Waals surface area contributed by atoms with Crippen molar-refractivity contribution >= 4 is 17.8 Å². The maximum Gasteiger partial charge on any atom is 0.338 e. The summed E-state index contributed by atoms with van der Waals surface area (Å²) in [6.45, 7) is 6.64. The molecule has 0 aliphatic carbocycles. The Kier molecular flexibility index (Phi) is 6.02. The van der Waals surface area contributed by atoms with E-state index in [0.29, 0.717) is 5.56 Å². The quantitative estimate of drug-likeness (QED) is 0.623. The van der Waals surface area contributed by atoms with Gasteiger partial charge in [-0.15, -0.1) is 0 Å². The molecule has 1 aromatic rings. The summed E-state index contributed by atoms with van der Waals surface area (Å²) in [6, 6.07) is 7.27. The average molecular weight is 360 g/mol. The normalized spacial score (nSPS) is 19.2. The van der Waals surface area contributed by atoms with Gasteiger partial charge in [-0.2, -0.15) is 0 Å². The van der Waals surface area contributed by atoms with Crippen LogP contribution in [-0.4, -0.2) is 44.1 Å². The lowest BCUT2D eigenvalue weighted by Crippen LogP contribution is -2.34. The Bertz CT molecular complexity index is 716. The largest absolute Gasteiger partial charge is 0.466 e. The third-order valence-electron chi connectivity index (χ3n) is 3.98. The molecule has 0 radical (unpaired) electrons. The van der Waals surface area contributed by atoms with Crippen LogP contribution in [0.2, 0.25) is 0 Å². The molecule has 1 saturated heterocycles. The van der Waals surface area contributed by atoms with Gasteiger partial charge < -0.3 is 20.1 Å². The third kappa shape index (κ3) is 5.08. The van der Waals surface area contributed by atoms with Gasteiger partial charge in [-0.3, -0.25) is 4.79 Å². The summed E-state index contributed by atoms with van der Waals surface area (Å²) in [5.74, 6) is -1.56. The van der Waals surface area contributed by atoms with Crippen molar-refractivity contribution in [2.75, 3.05) is 20.2 Å². The zero-order valence-electron chi connectivity index (χ0n) is 15.4. The van der Waals surface area contributed by atoms with Crippen LogP contribution in [-0.2, 0) is 24.5 Å². The highest BCUT2D eigenvalue weighted by Gasteiger charge is 2.24. The second kappa shape index (κ2) is 8.03. The van der Waals surface area contributed by atoms with Crippen LogP contribution in [0.5, 0.6) is 0 Å². The van der Waals surface area contributed by atoms with E-state index in [1.54, 1.807) is 12.1 Å². The van der Waals surface area contributed by atoms with Crippen molar-refractivity contribution in [2.24, 2.45) is 0 Å². The van der Waals surface area contributed by atoms with Gasteiger partial charge in [0.15, 0.2) is 0 Å². The molecule has 2 N–H and O–H groups in total. The summed E-state index contributed by atoms with van der Waals surface area (Å²) >= 11 is 0. The van der Waals surface area contributed by atoms with Gasteiger partial charge in [-0.1, -0.05) is 32.9 Å². The molecule has 0 bridgehead atoms. The number of benzene rings is 1. The van der Waals surface area contributed by atoms with Crippen LogP contribution < -0.4 is 10.6 Å². The van der Waals surface area contributed by atoms with E-state index in [1.165, 1.54) is 7.11 Å². The van der Waals surface area contributed by atoms with E-state index in [9.17, 15) is 14.4 Å². The fourth-order valence-corrected chi connectivity index (χ4v) is 2.38. The fourth-order valence-electron chi connectivity index (χ4n) is 2.38. The highest BCUT2D eigenvalue weighted by Crippen LogP contribution is 2.22. The SMILES string of the molecule is COC(=O)C=C1NCC(OC(=O)c2ccc(C(C)(C)C)cc2)CNC1=O. The molecule has 2 rings (SSSR count). The van der Waals surface area contributed by atoms with Crippen molar-refractivity contribution in [3.05, 3.63) is 47.2 Å². The zero-order chi connectivity index (χ0) is 19.3. The lowest BCUT2D eigenvalue weighted by molar-refractivity contribution is -0.135. The Morgan fingerprint density at radius 3 is 2.31 bits per heavy atom. The zero-order valence-corrected chi connectivity index (χ0v) is 15.4. The Hall–Kier alpha value is -2.83. The maximum atomic E-state index is 12.3. The van der Waals surface area contributed by atoms with Crippen molar-refractivity contribution in [1.82, 2.24) is 10.6 Å². The van der Waals surface area contributed by atoms with Gasteiger partial charge in [0.05, 0.1) is 31.8 Å². The molecule has 7 heteroatoms. The van der Waals surface area contributed by atoms with Crippen LogP contribution in [0.1, 0.15) is 36.7 Å². The van der Waals surface area contributed by atoms with Crippen LogP contribution in [0.25, 0.3) is 0 Å². The van der Waals surface area contributed by atoms with E-state index in [1.807, 2.05) is 12.1 Å². The minimum absolute atomic E-state index is 0.000295. The Morgan fingerprint density at radius 1 is 1.12 bits per heavy atom. The summed E-state index contributed by atoms with van der Waals surface area (Å²) in [5.41, 5.74) is 1.64. The van der Waals surface area contributed by atoms with E-state index < -0.39 is 23.9 Å². The number of carbonyl (C=O) groups excluding carboxylic acids is 3. The number of hydrogen-bond acceptors (Lipinski definition) is 6. The molecule has 7 nitrogen and oxygen atoms in total. The van der Waals surface area contributed by atoms with E-state index in [4.69, 9.17) is 4.74 Å². The molecule has 1 fully saturated rings. The lowest BCUT2D eigenvalue weighted by atomic mass is 9.87. The van der Waals surface area contributed by atoms with E-state index in [0.717, 1.165) is 11.6 Å². The minimum Gasteiger partial charge on any atom is -0.466 e. The molecule has 1 aliphatic heterocycles. The van der Waals surface area contributed by atoms with Crippen LogP contribution in [0.3, 0.4) is 0 Å². The van der Waals surface area contributed by atoms with Crippen LogP contribution in [0.15, 0.2) is 36.0 Å². The summed E-state index contributed by atoms with van der Waals surface area (Å²) in [7, 11) is 1.23. The molecular weight excluding hydrogens is 336 g/mol. The van der Waals surface area contributed by atoms with Crippen LogP contribution >= 0.6 is 0 Å². The van der Waals surface area contributed by atoms with E-state index in [-0.39, 0.29) is 24.2 Å². The van der Waals surface area contributed by atoms with Crippen molar-refractivity contribution in [3.63, 3.8) is 0 Å². The lowest BCUT2D eigenvalue weighted by Gasteiger charge is -2.19. The summed E-state index contributed by atoms with van der Waals surface area (Å²) < 4.78 is 9.96. The molecule has 140 valence electrons. The second-order valence-electron chi connectivity index (χ2n) is 7.03. The topological polar surface area (TPSA) is 93.7 Å². The smallest absolute Gasteiger partial charge is 0.338 e. The number of carbonyl (C=O) groups is 3. The summed E-state index contributed by atoms with van der Waals surface area (Å²) in [4.78, 5) is 35.5. The summed E-state index contributed by atoms with van der Waals surface area (Å²) in [6.07, 6.45) is 0.502. The fraction of sp³-hybridized carbons (Fsp3) is 0.421. The van der Waals surface area contributed by atoms with Crippen LogP contribution in [0.4, 0.5) is 0 Å². The Morgan fingerprint density at radius 2 is 1.73 bits per heavy atom. The molecule has 1 amide bonds. The minimum atomic E-state index is -0.642. The second-order valence-corrected chi connectivity index (χ2v) is 7.03. The molecule has 0 saturated carbocycles. The maximum absolute atomic E-state index is 12.3. The molecule has 1 aliphatic rings. The first-order valence-electron chi connectivity index (χ1n) is 8.34. The van der Waals surface area contributed by atoms with E-state index >= 15 is 0 Å². The average Bonchev–Trinajstić information content (AvgIpc) is 2.77. The van der Waals surface area contributed by atoms with E-state index in [2.05, 4.69) is 36.1 Å². The van der Waals surface area contributed by atoms with Gasteiger partial charge in [0.1, 0.15) is 11.8 Å². The van der Waals surface area contributed by atoms with Crippen LogP contribution in [0, 0.1) is 0 Å². The molecule has 0 aromatic heterocycles. The predicted molar refractivity (Wildman–Crippen MR) is 95.5 cm³/mol. The molecule has 1 aromatic carbocycles. The number of amides is 1. The van der Waals surface area contributed by atoms with Crippen molar-refractivity contribution in [2.45, 2.75) is 32.3 Å². The first-order chi connectivity index (χ1) is 12.2. The van der Waals surface area contributed by atoms with Gasteiger partial charge in [-0.05, 0) is 23.1 Å². The number of methoxy groups -OCH3 is 1. The third-order valence-corrected chi connectivity index (χ3v) is 3.98. The molecular formula is C19H24N2O5. The highest BCUT2D eigenvalue weighted by atomic mass is 16.5. The first-order valence-corrected chi connectivity index (χ1v) is 8.34. The molecule has 26 heavy (non-hydrogen) atoms. The standard InChI is InChI=1S/C19H24N2O5/c1-19(2,3)13-7-5-12(6-8-13)18(24)26-14-10-20-15(9-16(22)25-4)17(23)21-11-14/h5-9,14,20H,10-11H2,1-4H3,(H,21,23). The van der Waals surface area contributed by atoms with Crippen molar-refractivity contribution in [3.8, 4) is 0 Å².